The van der Waals surface area contributed by atoms with E-state index in [-0.39, 0.29) is 30.6 Å². The lowest BCUT2D eigenvalue weighted by Gasteiger charge is -2.32. The maximum atomic E-state index is 12.1. The summed E-state index contributed by atoms with van der Waals surface area (Å²) >= 11 is 1.64. The van der Waals surface area contributed by atoms with Gasteiger partial charge < -0.3 is 10.2 Å². The molecule has 0 radical (unpaired) electrons. The van der Waals surface area contributed by atoms with Gasteiger partial charge in [0.25, 0.3) is 0 Å². The molecular weight excluding hydrogens is 322 g/mol. The van der Waals surface area contributed by atoms with Crippen LogP contribution in [0.3, 0.4) is 0 Å². The number of amides is 1. The van der Waals surface area contributed by atoms with Crippen molar-refractivity contribution in [1.82, 2.24) is 10.3 Å². The van der Waals surface area contributed by atoms with Gasteiger partial charge in [0.05, 0.1) is 0 Å². The molecule has 1 amide bonds. The average Bonchev–Trinajstić information content (AvgIpc) is 3.16. The zero-order valence-corrected chi connectivity index (χ0v) is 14.3. The third-order valence-corrected chi connectivity index (χ3v) is 5.06. The Bertz CT molecular complexity index is 665. The Balaban J connectivity index is 1.39. The number of nitrogens with zero attached hydrogens (tertiary/aromatic N) is 2. The second kappa shape index (κ2) is 8.06. The summed E-state index contributed by atoms with van der Waals surface area (Å²) in [5, 5.41) is 6.09. The van der Waals surface area contributed by atoms with Gasteiger partial charge in [0, 0.05) is 49.1 Å². The van der Waals surface area contributed by atoms with Crippen molar-refractivity contribution >= 4 is 28.2 Å². The summed E-state index contributed by atoms with van der Waals surface area (Å²) in [5.41, 5.74) is 0.669. The predicted octanol–water partition coefficient (Wildman–Crippen LogP) is 2.89. The number of thiazole rings is 1. The fourth-order valence-electron chi connectivity index (χ4n) is 2.88. The Kier molecular flexibility index (Phi) is 5.59. The maximum Gasteiger partial charge on any atom is 0.220 e. The first kappa shape index (κ1) is 16.6. The molecule has 1 fully saturated rings. The van der Waals surface area contributed by atoms with Crippen molar-refractivity contribution in [1.29, 1.82) is 0 Å². The number of carbonyl (C=O) groups excluding carboxylic acids is 2. The maximum absolute atomic E-state index is 12.1. The van der Waals surface area contributed by atoms with Crippen LogP contribution in [0.1, 0.15) is 36.0 Å². The minimum absolute atomic E-state index is 0.0179. The molecule has 0 saturated carbocycles. The Morgan fingerprint density at radius 2 is 1.92 bits per heavy atom. The number of anilines is 1. The zero-order valence-electron chi connectivity index (χ0n) is 13.5. The second-order valence-corrected chi connectivity index (χ2v) is 6.81. The molecule has 1 aromatic heterocycles. The standard InChI is InChI=1S/C18H21N3O2S/c22-16(14-4-2-1-3-5-14)6-7-17(23)20-15-8-11-21(12-9-15)18-19-10-13-24-18/h1-5,10,13,15H,6-9,11-12H2,(H,20,23). The van der Waals surface area contributed by atoms with Crippen LogP contribution in [0, 0.1) is 0 Å². The number of aromatic nitrogens is 1. The van der Waals surface area contributed by atoms with Crippen molar-refractivity contribution in [3.63, 3.8) is 0 Å². The molecule has 0 bridgehead atoms. The van der Waals surface area contributed by atoms with Gasteiger partial charge in [0.2, 0.25) is 5.91 Å². The number of rotatable bonds is 6. The molecule has 1 aromatic carbocycles. The number of benzene rings is 1. The largest absolute Gasteiger partial charge is 0.353 e. The van der Waals surface area contributed by atoms with Gasteiger partial charge in [0.15, 0.2) is 10.9 Å². The predicted molar refractivity (Wildman–Crippen MR) is 95.5 cm³/mol. The molecule has 126 valence electrons. The normalized spacial score (nSPS) is 15.2. The summed E-state index contributed by atoms with van der Waals surface area (Å²) in [6, 6.07) is 9.32. The molecule has 0 aliphatic carbocycles. The fourth-order valence-corrected chi connectivity index (χ4v) is 3.58. The molecule has 6 heteroatoms. The molecule has 1 saturated heterocycles. The first-order chi connectivity index (χ1) is 11.7. The Morgan fingerprint density at radius 3 is 2.58 bits per heavy atom. The van der Waals surface area contributed by atoms with Gasteiger partial charge in [-0.05, 0) is 12.8 Å². The molecule has 1 aliphatic rings. The molecule has 0 spiro atoms. The highest BCUT2D eigenvalue weighted by atomic mass is 32.1. The third-order valence-electron chi connectivity index (χ3n) is 4.22. The Labute approximate surface area is 145 Å². The molecule has 1 aliphatic heterocycles. The highest BCUT2D eigenvalue weighted by Gasteiger charge is 2.22. The quantitative estimate of drug-likeness (QED) is 0.819. The number of ketones is 1. The lowest BCUT2D eigenvalue weighted by molar-refractivity contribution is -0.121. The van der Waals surface area contributed by atoms with Crippen LogP contribution >= 0.6 is 11.3 Å². The SMILES string of the molecule is O=C(CCC(=O)c1ccccc1)NC1CCN(c2nccs2)CC1. The van der Waals surface area contributed by atoms with Gasteiger partial charge >= 0.3 is 0 Å². The van der Waals surface area contributed by atoms with Crippen LogP contribution in [-0.2, 0) is 4.79 Å². The van der Waals surface area contributed by atoms with Crippen LogP contribution in [0.25, 0.3) is 0 Å². The number of piperidine rings is 1. The molecule has 5 nitrogen and oxygen atoms in total. The molecular formula is C18H21N3O2S. The number of carbonyl (C=O) groups is 2. The summed E-state index contributed by atoms with van der Waals surface area (Å²) in [6.45, 7) is 1.81. The Morgan fingerprint density at radius 1 is 1.17 bits per heavy atom. The topological polar surface area (TPSA) is 62.3 Å². The van der Waals surface area contributed by atoms with Crippen molar-refractivity contribution in [3.8, 4) is 0 Å². The van der Waals surface area contributed by atoms with Crippen LogP contribution in [-0.4, -0.2) is 35.8 Å². The summed E-state index contributed by atoms with van der Waals surface area (Å²) in [4.78, 5) is 30.7. The van der Waals surface area contributed by atoms with E-state index in [0.717, 1.165) is 31.1 Å². The zero-order chi connectivity index (χ0) is 16.8. The van der Waals surface area contributed by atoms with Crippen molar-refractivity contribution in [2.45, 2.75) is 31.7 Å². The lowest BCUT2D eigenvalue weighted by atomic mass is 10.0. The van der Waals surface area contributed by atoms with Gasteiger partial charge in [-0.15, -0.1) is 11.3 Å². The van der Waals surface area contributed by atoms with E-state index < -0.39 is 0 Å². The van der Waals surface area contributed by atoms with E-state index >= 15 is 0 Å². The number of nitrogens with one attached hydrogen (secondary N) is 1. The molecule has 0 atom stereocenters. The van der Waals surface area contributed by atoms with Gasteiger partial charge in [0.1, 0.15) is 0 Å². The number of hydrogen-bond donors (Lipinski definition) is 1. The first-order valence-corrected chi connectivity index (χ1v) is 9.12. The Hall–Kier alpha value is -2.21. The smallest absolute Gasteiger partial charge is 0.220 e. The van der Waals surface area contributed by atoms with Crippen LogP contribution in [0.15, 0.2) is 41.9 Å². The summed E-state index contributed by atoms with van der Waals surface area (Å²) < 4.78 is 0. The van der Waals surface area contributed by atoms with E-state index in [9.17, 15) is 9.59 Å². The minimum atomic E-state index is -0.0352. The number of Topliss-reactive ketones (excluding diaryl/α,β-unsaturated/α-hetero) is 1. The van der Waals surface area contributed by atoms with Gasteiger partial charge in [-0.25, -0.2) is 4.98 Å². The highest BCUT2D eigenvalue weighted by Crippen LogP contribution is 2.22. The molecule has 2 aromatic rings. The second-order valence-electron chi connectivity index (χ2n) is 5.93. The van der Waals surface area contributed by atoms with Crippen LogP contribution in [0.2, 0.25) is 0 Å². The minimum Gasteiger partial charge on any atom is -0.353 e. The van der Waals surface area contributed by atoms with Crippen molar-refractivity contribution in [2.75, 3.05) is 18.0 Å². The van der Waals surface area contributed by atoms with Crippen molar-refractivity contribution < 1.29 is 9.59 Å². The van der Waals surface area contributed by atoms with Crippen molar-refractivity contribution in [2.24, 2.45) is 0 Å². The van der Waals surface area contributed by atoms with E-state index in [1.807, 2.05) is 29.8 Å². The molecule has 24 heavy (non-hydrogen) atoms. The third kappa shape index (κ3) is 4.41. The van der Waals surface area contributed by atoms with Crippen LogP contribution in [0.4, 0.5) is 5.13 Å². The van der Waals surface area contributed by atoms with E-state index in [0.29, 0.717) is 5.56 Å². The van der Waals surface area contributed by atoms with Gasteiger partial charge in [-0.3, -0.25) is 9.59 Å². The summed E-state index contributed by atoms with van der Waals surface area (Å²) in [5.74, 6) is -0.0173. The highest BCUT2D eigenvalue weighted by molar-refractivity contribution is 7.13. The fraction of sp³-hybridized carbons (Fsp3) is 0.389. The van der Waals surface area contributed by atoms with Crippen molar-refractivity contribution in [3.05, 3.63) is 47.5 Å². The van der Waals surface area contributed by atoms with Crippen LogP contribution in [0.5, 0.6) is 0 Å². The molecule has 3 rings (SSSR count). The summed E-state index contributed by atoms with van der Waals surface area (Å²) in [6.07, 6.45) is 4.15. The molecule has 0 unspecified atom stereocenters. The van der Waals surface area contributed by atoms with E-state index in [1.165, 1.54) is 0 Å². The number of hydrogen-bond acceptors (Lipinski definition) is 5. The summed E-state index contributed by atoms with van der Waals surface area (Å²) in [7, 11) is 0. The molecule has 1 N–H and O–H groups in total. The van der Waals surface area contributed by atoms with Gasteiger partial charge in [-0.1, -0.05) is 30.3 Å². The lowest BCUT2D eigenvalue weighted by Crippen LogP contribution is -2.44. The van der Waals surface area contributed by atoms with E-state index in [2.05, 4.69) is 15.2 Å². The average molecular weight is 343 g/mol. The first-order valence-electron chi connectivity index (χ1n) is 8.24. The van der Waals surface area contributed by atoms with E-state index in [4.69, 9.17) is 0 Å². The molecule has 2 heterocycles. The van der Waals surface area contributed by atoms with E-state index in [1.54, 1.807) is 23.5 Å². The van der Waals surface area contributed by atoms with Crippen LogP contribution < -0.4 is 10.2 Å². The monoisotopic (exact) mass is 343 g/mol. The van der Waals surface area contributed by atoms with Gasteiger partial charge in [-0.2, -0.15) is 0 Å².